The number of benzene rings is 2. The molecule has 1 N–H and O–H groups in total. The average molecular weight is 395 g/mol. The summed E-state index contributed by atoms with van der Waals surface area (Å²) in [6.07, 6.45) is 0.257. The van der Waals surface area contributed by atoms with E-state index in [1.54, 1.807) is 25.3 Å². The third kappa shape index (κ3) is 5.93. The van der Waals surface area contributed by atoms with Gasteiger partial charge < -0.3 is 15.0 Å². The highest BCUT2D eigenvalue weighted by molar-refractivity contribution is 6.35. The van der Waals surface area contributed by atoms with E-state index in [4.69, 9.17) is 27.9 Å². The number of hydrogen-bond acceptors (Lipinski definition) is 3. The molecule has 0 saturated heterocycles. The van der Waals surface area contributed by atoms with E-state index in [9.17, 15) is 9.59 Å². The van der Waals surface area contributed by atoms with Gasteiger partial charge in [0.15, 0.2) is 0 Å². The van der Waals surface area contributed by atoms with Crippen molar-refractivity contribution in [3.05, 3.63) is 58.1 Å². The van der Waals surface area contributed by atoms with Crippen molar-refractivity contribution in [3.8, 4) is 5.75 Å². The number of methoxy groups -OCH3 is 1. The second-order valence-electron chi connectivity index (χ2n) is 5.67. The normalized spacial score (nSPS) is 10.3. The lowest BCUT2D eigenvalue weighted by atomic mass is 10.1. The number of carbonyl (C=O) groups excluding carboxylic acids is 2. The minimum atomic E-state index is -0.160. The number of nitrogens with zero attached hydrogens (tertiary/aromatic N) is 1. The van der Waals surface area contributed by atoms with E-state index < -0.39 is 0 Å². The highest BCUT2D eigenvalue weighted by atomic mass is 35.5. The van der Waals surface area contributed by atoms with Gasteiger partial charge in [-0.3, -0.25) is 9.59 Å². The maximum Gasteiger partial charge on any atom is 0.224 e. The highest BCUT2D eigenvalue weighted by Gasteiger charge is 2.13. The third-order valence-electron chi connectivity index (χ3n) is 3.72. The number of anilines is 1. The summed E-state index contributed by atoms with van der Waals surface area (Å²) < 4.78 is 5.09. The first-order valence-electron chi connectivity index (χ1n) is 8.03. The van der Waals surface area contributed by atoms with Gasteiger partial charge in [-0.2, -0.15) is 0 Å². The summed E-state index contributed by atoms with van der Waals surface area (Å²) in [5.41, 5.74) is 1.48. The average Bonchev–Trinajstić information content (AvgIpc) is 2.58. The molecule has 2 aromatic carbocycles. The molecule has 0 fully saturated rings. The Morgan fingerprint density at radius 2 is 1.69 bits per heavy atom. The lowest BCUT2D eigenvalue weighted by Crippen LogP contribution is -2.38. The molecule has 0 bridgehead atoms. The van der Waals surface area contributed by atoms with E-state index in [0.717, 1.165) is 11.3 Å². The summed E-state index contributed by atoms with van der Waals surface area (Å²) >= 11 is 12.0. The van der Waals surface area contributed by atoms with Gasteiger partial charge in [0.25, 0.3) is 0 Å². The molecule has 0 atom stereocenters. The molecular formula is C19H20Cl2N2O3. The molecule has 0 unspecified atom stereocenters. The maximum absolute atomic E-state index is 12.1. The molecule has 0 saturated carbocycles. The first kappa shape index (κ1) is 20.1. The lowest BCUT2D eigenvalue weighted by molar-refractivity contribution is -0.121. The Labute approximate surface area is 162 Å². The zero-order valence-corrected chi connectivity index (χ0v) is 16.1. The number of carbonyl (C=O) groups is 2. The van der Waals surface area contributed by atoms with Crippen molar-refractivity contribution in [2.45, 2.75) is 13.3 Å². The minimum absolute atomic E-state index is 0.122. The number of rotatable bonds is 7. The van der Waals surface area contributed by atoms with E-state index in [1.165, 1.54) is 11.8 Å². The fourth-order valence-corrected chi connectivity index (χ4v) is 2.98. The van der Waals surface area contributed by atoms with Gasteiger partial charge >= 0.3 is 0 Å². The van der Waals surface area contributed by atoms with Crippen LogP contribution in [0.1, 0.15) is 12.5 Å². The summed E-state index contributed by atoms with van der Waals surface area (Å²) in [5, 5.41) is 3.71. The van der Waals surface area contributed by atoms with Gasteiger partial charge in [-0.05, 0) is 35.9 Å². The Balaban J connectivity index is 1.90. The van der Waals surface area contributed by atoms with Crippen LogP contribution in [0.15, 0.2) is 42.5 Å². The fraction of sp³-hybridized carbons (Fsp3) is 0.263. The topological polar surface area (TPSA) is 58.6 Å². The molecule has 0 aliphatic heterocycles. The maximum atomic E-state index is 12.1. The monoisotopic (exact) mass is 394 g/mol. The van der Waals surface area contributed by atoms with Crippen molar-refractivity contribution in [1.29, 1.82) is 0 Å². The van der Waals surface area contributed by atoms with Crippen LogP contribution in [-0.2, 0) is 16.0 Å². The molecule has 138 valence electrons. The van der Waals surface area contributed by atoms with Crippen LogP contribution in [0, 0.1) is 0 Å². The van der Waals surface area contributed by atoms with Gasteiger partial charge in [-0.1, -0.05) is 35.3 Å². The number of hydrogen-bond donors (Lipinski definition) is 1. The van der Waals surface area contributed by atoms with Gasteiger partial charge in [-0.15, -0.1) is 0 Å². The van der Waals surface area contributed by atoms with Crippen molar-refractivity contribution in [2.75, 3.05) is 25.1 Å². The summed E-state index contributed by atoms with van der Waals surface area (Å²) in [6.45, 7) is 2.09. The summed E-state index contributed by atoms with van der Waals surface area (Å²) in [5.74, 6) is 0.460. The van der Waals surface area contributed by atoms with Crippen molar-refractivity contribution in [1.82, 2.24) is 5.32 Å². The first-order valence-corrected chi connectivity index (χ1v) is 8.78. The summed E-state index contributed by atoms with van der Waals surface area (Å²) in [7, 11) is 1.59. The van der Waals surface area contributed by atoms with Gasteiger partial charge in [0.05, 0.1) is 13.5 Å². The smallest absolute Gasteiger partial charge is 0.224 e. The predicted octanol–water partition coefficient (Wildman–Crippen LogP) is 3.71. The van der Waals surface area contributed by atoms with Crippen molar-refractivity contribution >= 4 is 40.7 Å². The molecule has 26 heavy (non-hydrogen) atoms. The second-order valence-corrected chi connectivity index (χ2v) is 6.55. The molecular weight excluding hydrogens is 375 g/mol. The fourth-order valence-electron chi connectivity index (χ4n) is 2.46. The molecule has 0 aliphatic carbocycles. The third-order valence-corrected chi connectivity index (χ3v) is 4.16. The first-order chi connectivity index (χ1) is 12.4. The van der Waals surface area contributed by atoms with Gasteiger partial charge in [0, 0.05) is 35.7 Å². The molecule has 0 aliphatic rings. The SMILES string of the molecule is COc1ccc(CC(=O)NCCN(C(C)=O)c2cc(Cl)cc(Cl)c2)cc1. The van der Waals surface area contributed by atoms with Crippen LogP contribution in [-0.4, -0.2) is 32.0 Å². The second kappa shape index (κ2) is 9.46. The number of halogens is 2. The summed E-state index contributed by atoms with van der Waals surface area (Å²) in [6, 6.07) is 12.2. The molecule has 2 amide bonds. The van der Waals surface area contributed by atoms with E-state index in [1.807, 2.05) is 24.3 Å². The molecule has 0 heterocycles. The van der Waals surface area contributed by atoms with Crippen molar-refractivity contribution in [2.24, 2.45) is 0 Å². The van der Waals surface area contributed by atoms with E-state index >= 15 is 0 Å². The Bertz CT molecular complexity index is 759. The molecule has 7 heteroatoms. The number of ether oxygens (including phenoxy) is 1. The lowest BCUT2D eigenvalue weighted by Gasteiger charge is -2.22. The van der Waals surface area contributed by atoms with E-state index in [0.29, 0.717) is 28.8 Å². The van der Waals surface area contributed by atoms with Crippen LogP contribution in [0.2, 0.25) is 10.0 Å². The van der Waals surface area contributed by atoms with Gasteiger partial charge in [0.2, 0.25) is 11.8 Å². The molecule has 0 radical (unpaired) electrons. The van der Waals surface area contributed by atoms with Crippen LogP contribution in [0.25, 0.3) is 0 Å². The highest BCUT2D eigenvalue weighted by Crippen LogP contribution is 2.25. The van der Waals surface area contributed by atoms with Gasteiger partial charge in [-0.25, -0.2) is 0 Å². The van der Waals surface area contributed by atoms with Crippen molar-refractivity contribution < 1.29 is 14.3 Å². The largest absolute Gasteiger partial charge is 0.497 e. The van der Waals surface area contributed by atoms with Crippen LogP contribution in [0.3, 0.4) is 0 Å². The Morgan fingerprint density at radius 1 is 1.08 bits per heavy atom. The Morgan fingerprint density at radius 3 is 2.23 bits per heavy atom. The molecule has 0 spiro atoms. The molecule has 0 aromatic heterocycles. The van der Waals surface area contributed by atoms with Crippen LogP contribution < -0.4 is 15.0 Å². The van der Waals surface area contributed by atoms with E-state index in [-0.39, 0.29) is 18.2 Å². The van der Waals surface area contributed by atoms with E-state index in [2.05, 4.69) is 5.32 Å². The number of nitrogens with one attached hydrogen (secondary N) is 1. The molecule has 2 aromatic rings. The quantitative estimate of drug-likeness (QED) is 0.778. The van der Waals surface area contributed by atoms with Crippen LogP contribution >= 0.6 is 23.2 Å². The standard InChI is InChI=1S/C19H20Cl2N2O3/c1-13(24)23(17-11-15(20)10-16(21)12-17)8-7-22-19(25)9-14-3-5-18(26-2)6-4-14/h3-6,10-12H,7-9H2,1-2H3,(H,22,25). The Hall–Kier alpha value is -2.24. The minimum Gasteiger partial charge on any atom is -0.497 e. The molecule has 5 nitrogen and oxygen atoms in total. The summed E-state index contributed by atoms with van der Waals surface area (Å²) in [4.78, 5) is 25.5. The predicted molar refractivity (Wildman–Crippen MR) is 104 cm³/mol. The van der Waals surface area contributed by atoms with Crippen molar-refractivity contribution in [3.63, 3.8) is 0 Å². The zero-order valence-electron chi connectivity index (χ0n) is 14.6. The Kier molecular flexibility index (Phi) is 7.30. The van der Waals surface area contributed by atoms with Gasteiger partial charge in [0.1, 0.15) is 5.75 Å². The van der Waals surface area contributed by atoms with Crippen LogP contribution in [0.5, 0.6) is 5.75 Å². The number of amides is 2. The molecule has 2 rings (SSSR count). The van der Waals surface area contributed by atoms with Crippen LogP contribution in [0.4, 0.5) is 5.69 Å². The zero-order chi connectivity index (χ0) is 19.1.